The maximum atomic E-state index is 12.7. The van der Waals surface area contributed by atoms with Crippen LogP contribution < -0.4 is 5.32 Å². The molecule has 1 N–H and O–H groups in total. The Hall–Kier alpha value is -1.07. The predicted molar refractivity (Wildman–Crippen MR) is 73.4 cm³/mol. The van der Waals surface area contributed by atoms with Gasteiger partial charge in [0.05, 0.1) is 5.92 Å². The van der Waals surface area contributed by atoms with Crippen LogP contribution in [0.4, 0.5) is 13.2 Å². The lowest BCUT2D eigenvalue weighted by Crippen LogP contribution is -2.44. The molecule has 0 aliphatic carbocycles. The van der Waals surface area contributed by atoms with Crippen LogP contribution in [0.2, 0.25) is 0 Å². The zero-order valence-corrected chi connectivity index (χ0v) is 11.5. The number of halogens is 3. The molecule has 1 saturated heterocycles. The fourth-order valence-corrected chi connectivity index (χ4v) is 2.59. The molecule has 2 rings (SSSR count). The summed E-state index contributed by atoms with van der Waals surface area (Å²) in [7, 11) is 0. The molecule has 1 atom stereocenters. The molecule has 0 amide bonds. The molecule has 1 unspecified atom stereocenters. The minimum absolute atomic E-state index is 0.149. The number of hydrogen-bond acceptors (Lipinski definition) is 2. The molecule has 2 nitrogen and oxygen atoms in total. The summed E-state index contributed by atoms with van der Waals surface area (Å²) in [6.45, 7) is 3.09. The van der Waals surface area contributed by atoms with Crippen LogP contribution in [0.15, 0.2) is 30.3 Å². The van der Waals surface area contributed by atoms with E-state index in [0.717, 1.165) is 19.6 Å². The van der Waals surface area contributed by atoms with E-state index in [1.54, 1.807) is 0 Å². The number of nitrogens with one attached hydrogen (secondary N) is 1. The third-order valence-electron chi connectivity index (χ3n) is 3.75. The van der Waals surface area contributed by atoms with E-state index in [1.165, 1.54) is 5.56 Å². The Morgan fingerprint density at radius 2 is 1.95 bits per heavy atom. The molecule has 1 aliphatic rings. The molecular weight excluding hydrogens is 265 g/mol. The summed E-state index contributed by atoms with van der Waals surface area (Å²) in [4.78, 5) is 1.92. The lowest BCUT2D eigenvalue weighted by Gasteiger charge is -2.33. The average Bonchev–Trinajstić information content (AvgIpc) is 2.44. The Morgan fingerprint density at radius 1 is 1.20 bits per heavy atom. The number of likely N-dealkylation sites (tertiary alicyclic amines) is 1. The van der Waals surface area contributed by atoms with E-state index in [2.05, 4.69) is 5.32 Å². The maximum absolute atomic E-state index is 12.7. The number of alkyl halides is 3. The van der Waals surface area contributed by atoms with Gasteiger partial charge in [-0.1, -0.05) is 30.3 Å². The van der Waals surface area contributed by atoms with Gasteiger partial charge in [0.25, 0.3) is 0 Å². The molecule has 0 bridgehead atoms. The molecule has 1 fully saturated rings. The van der Waals surface area contributed by atoms with E-state index in [4.69, 9.17) is 0 Å². The van der Waals surface area contributed by atoms with Crippen molar-refractivity contribution in [1.82, 2.24) is 10.2 Å². The molecule has 0 spiro atoms. The second kappa shape index (κ2) is 7.09. The van der Waals surface area contributed by atoms with Crippen molar-refractivity contribution in [1.29, 1.82) is 0 Å². The van der Waals surface area contributed by atoms with Crippen molar-refractivity contribution >= 4 is 0 Å². The first-order valence-corrected chi connectivity index (χ1v) is 7.09. The first-order chi connectivity index (χ1) is 9.55. The molecular formula is C15H21F3N2. The number of benzene rings is 1. The third-order valence-corrected chi connectivity index (χ3v) is 3.75. The normalized spacial score (nSPS) is 21.1. The lowest BCUT2D eigenvalue weighted by atomic mass is 9.97. The van der Waals surface area contributed by atoms with Crippen molar-refractivity contribution in [3.05, 3.63) is 35.9 Å². The van der Waals surface area contributed by atoms with E-state index in [1.807, 2.05) is 35.2 Å². The lowest BCUT2D eigenvalue weighted by molar-refractivity contribution is -0.186. The van der Waals surface area contributed by atoms with E-state index < -0.39 is 12.1 Å². The second-order valence-corrected chi connectivity index (χ2v) is 5.34. The largest absolute Gasteiger partial charge is 0.393 e. The highest BCUT2D eigenvalue weighted by atomic mass is 19.4. The minimum Gasteiger partial charge on any atom is -0.311 e. The minimum atomic E-state index is -4.05. The van der Waals surface area contributed by atoms with Crippen LogP contribution in [0.1, 0.15) is 18.4 Å². The summed E-state index contributed by atoms with van der Waals surface area (Å²) in [5, 5.41) is 3.28. The summed E-state index contributed by atoms with van der Waals surface area (Å²) in [5.41, 5.74) is 1.19. The molecule has 5 heteroatoms. The van der Waals surface area contributed by atoms with E-state index in [-0.39, 0.29) is 13.0 Å². The van der Waals surface area contributed by atoms with Gasteiger partial charge in [-0.3, -0.25) is 0 Å². The highest BCUT2D eigenvalue weighted by Gasteiger charge is 2.41. The quantitative estimate of drug-likeness (QED) is 0.837. The van der Waals surface area contributed by atoms with Crippen LogP contribution in [0.5, 0.6) is 0 Å². The van der Waals surface area contributed by atoms with Crippen molar-refractivity contribution in [3.8, 4) is 0 Å². The van der Waals surface area contributed by atoms with Gasteiger partial charge in [0.1, 0.15) is 0 Å². The predicted octanol–water partition coefficient (Wildman–Crippen LogP) is 3.05. The molecule has 1 heterocycles. The molecule has 1 aromatic rings. The molecule has 1 aromatic carbocycles. The average molecular weight is 286 g/mol. The summed E-state index contributed by atoms with van der Waals surface area (Å²) in [6, 6.07) is 10.0. The van der Waals surface area contributed by atoms with Gasteiger partial charge in [0.2, 0.25) is 0 Å². The first-order valence-electron chi connectivity index (χ1n) is 7.09. The number of piperidine rings is 1. The van der Waals surface area contributed by atoms with Gasteiger partial charge >= 0.3 is 6.18 Å². The van der Waals surface area contributed by atoms with Crippen molar-refractivity contribution in [3.63, 3.8) is 0 Å². The van der Waals surface area contributed by atoms with Gasteiger partial charge in [0.15, 0.2) is 0 Å². The van der Waals surface area contributed by atoms with Gasteiger partial charge in [-0.15, -0.1) is 0 Å². The zero-order chi connectivity index (χ0) is 14.4. The van der Waals surface area contributed by atoms with E-state index in [0.29, 0.717) is 13.0 Å². The van der Waals surface area contributed by atoms with Crippen molar-refractivity contribution in [2.24, 2.45) is 5.92 Å². The van der Waals surface area contributed by atoms with Crippen molar-refractivity contribution < 1.29 is 13.2 Å². The van der Waals surface area contributed by atoms with Crippen molar-refractivity contribution in [2.45, 2.75) is 25.6 Å². The fourth-order valence-electron chi connectivity index (χ4n) is 2.59. The van der Waals surface area contributed by atoms with Gasteiger partial charge < -0.3 is 10.2 Å². The molecule has 1 aliphatic heterocycles. The van der Waals surface area contributed by atoms with Crippen LogP contribution in [0.25, 0.3) is 0 Å². The SMILES string of the molecule is FC(F)(F)C1CCCN(CCNCc2ccccc2)C1. The Labute approximate surface area is 118 Å². The number of hydrogen-bond donors (Lipinski definition) is 1. The second-order valence-electron chi connectivity index (χ2n) is 5.34. The topological polar surface area (TPSA) is 15.3 Å². The zero-order valence-electron chi connectivity index (χ0n) is 11.5. The first kappa shape index (κ1) is 15.3. The maximum Gasteiger partial charge on any atom is 0.393 e. The van der Waals surface area contributed by atoms with Gasteiger partial charge in [-0.25, -0.2) is 0 Å². The summed E-state index contributed by atoms with van der Waals surface area (Å²) in [5.74, 6) is -1.15. The van der Waals surface area contributed by atoms with Crippen LogP contribution >= 0.6 is 0 Å². The van der Waals surface area contributed by atoms with Gasteiger partial charge in [-0.05, 0) is 24.9 Å². The Bertz CT molecular complexity index is 392. The van der Waals surface area contributed by atoms with Crippen molar-refractivity contribution in [2.75, 3.05) is 26.2 Å². The molecule has 20 heavy (non-hydrogen) atoms. The molecule has 112 valence electrons. The summed E-state index contributed by atoms with van der Waals surface area (Å²) >= 11 is 0. The number of rotatable bonds is 5. The van der Waals surface area contributed by atoms with Crippen LogP contribution in [-0.4, -0.2) is 37.3 Å². The molecule has 0 saturated carbocycles. The van der Waals surface area contributed by atoms with Crippen LogP contribution in [-0.2, 0) is 6.54 Å². The van der Waals surface area contributed by atoms with Gasteiger partial charge in [-0.2, -0.15) is 13.2 Å². The smallest absolute Gasteiger partial charge is 0.311 e. The molecule has 0 radical (unpaired) electrons. The molecule has 0 aromatic heterocycles. The monoisotopic (exact) mass is 286 g/mol. The summed E-state index contributed by atoms with van der Waals surface area (Å²) in [6.07, 6.45) is -3.13. The van der Waals surface area contributed by atoms with E-state index >= 15 is 0 Å². The van der Waals surface area contributed by atoms with Crippen LogP contribution in [0.3, 0.4) is 0 Å². The highest BCUT2D eigenvalue weighted by molar-refractivity contribution is 5.14. The third kappa shape index (κ3) is 4.80. The van der Waals surface area contributed by atoms with E-state index in [9.17, 15) is 13.2 Å². The Balaban J connectivity index is 1.66. The standard InChI is InChI=1S/C15H21F3N2/c16-15(17,18)14-7-4-9-20(12-14)10-8-19-11-13-5-2-1-3-6-13/h1-3,5-6,14,19H,4,7-12H2. The van der Waals surface area contributed by atoms with Gasteiger partial charge in [0, 0.05) is 26.2 Å². The summed E-state index contributed by atoms with van der Waals surface area (Å²) < 4.78 is 38.0. The van der Waals surface area contributed by atoms with Crippen LogP contribution in [0, 0.1) is 5.92 Å². The fraction of sp³-hybridized carbons (Fsp3) is 0.600. The number of nitrogens with zero attached hydrogens (tertiary/aromatic N) is 1. The Kier molecular flexibility index (Phi) is 5.43. The highest BCUT2D eigenvalue weighted by Crippen LogP contribution is 2.32. The Morgan fingerprint density at radius 3 is 2.65 bits per heavy atom.